The summed E-state index contributed by atoms with van der Waals surface area (Å²) in [6.07, 6.45) is 0. The maximum Gasteiger partial charge on any atom is 2.00 e. The molecule has 0 aromatic rings. The van der Waals surface area contributed by atoms with E-state index in [1.807, 2.05) is 0 Å². The molecule has 0 aliphatic heterocycles. The van der Waals surface area contributed by atoms with Gasteiger partial charge in [-0.15, -0.1) is 0 Å². The van der Waals surface area contributed by atoms with Crippen molar-refractivity contribution in [1.82, 2.24) is 0 Å². The predicted octanol–water partition coefficient (Wildman–Crippen LogP) is 7.06. The van der Waals surface area contributed by atoms with Crippen molar-refractivity contribution in [3.8, 4) is 0 Å². The largest absolute Gasteiger partial charge is 2.00 e. The number of aliphatic hydroxyl groups excluding tert-OH is 4. The first-order valence-corrected chi connectivity index (χ1v) is 50.0. The first-order chi connectivity index (χ1) is 37.3. The summed E-state index contributed by atoms with van der Waals surface area (Å²) in [6, 6.07) is 0. The molecule has 0 amide bonds. The van der Waals surface area contributed by atoms with Gasteiger partial charge in [-0.25, -0.2) is 28.4 Å². The van der Waals surface area contributed by atoms with E-state index in [1.54, 1.807) is 0 Å². The van der Waals surface area contributed by atoms with Gasteiger partial charge in [-0.1, -0.05) is 0 Å². The number of hydrogen-bond acceptors (Lipinski definition) is 20. The molecular weight excluding hydrogens is 3860 g/mol. The van der Waals surface area contributed by atoms with Crippen LogP contribution in [-0.2, 0) is 550 Å². The van der Waals surface area contributed by atoms with Crippen molar-refractivity contribution in [2.24, 2.45) is 0 Å². The molecule has 0 heterocycles. The first-order valence-electron chi connectivity index (χ1n) is 20.0. The fourth-order valence-corrected chi connectivity index (χ4v) is 0. The smallest absolute Gasteiger partial charge is 0.569 e. The third-order valence-corrected chi connectivity index (χ3v) is 0. The van der Waals surface area contributed by atoms with E-state index in [4.69, 9.17) is 97.1 Å². The maximum absolute atomic E-state index is 7.75. The van der Waals surface area contributed by atoms with Gasteiger partial charge in [0.1, 0.15) is 0 Å². The van der Waals surface area contributed by atoms with E-state index in [1.165, 1.54) is 0 Å². The molecule has 0 aromatic carbocycles. The minimum absolute atomic E-state index is 0. The van der Waals surface area contributed by atoms with Crippen LogP contribution in [0.5, 0.6) is 0 Å². The molecule has 0 rings (SSSR count). The molecule has 724 valence electrons. The van der Waals surface area contributed by atoms with Crippen LogP contribution < -0.4 is 0 Å². The minimum atomic E-state index is 0. The molecule has 0 aliphatic carbocycles. The normalized spacial score (nSPS) is 4.35. The molecule has 2 radical (unpaired) electrons. The van der Waals surface area contributed by atoms with Gasteiger partial charge >= 0.3 is 163 Å². The molecule has 0 atom stereocenters. The third kappa shape index (κ3) is 7470. The Labute approximate surface area is 969 Å². The number of carbonyl (C=O) groups excluding carboxylic acids is 16. The predicted molar refractivity (Wildman–Crippen MR) is 398 cm³/mol. The third-order valence-electron chi connectivity index (χ3n) is 0. The number of rotatable bonds is 0. The Morgan fingerprint density at radius 1 is 0.126 bits per heavy atom. The number of aliphatic hydroxyl groups is 4. The molecule has 20 nitrogen and oxygen atoms in total. The van der Waals surface area contributed by atoms with Gasteiger partial charge in [0.2, 0.25) is 0 Å². The molecule has 0 aliphatic rings. The van der Waals surface area contributed by atoms with Crippen molar-refractivity contribution in [2.75, 3.05) is 200 Å². The maximum atomic E-state index is 7.75. The summed E-state index contributed by atoms with van der Waals surface area (Å²) < 4.78 is 0. The standard InChI is InChI=1S/10C3H9P.4CH3O.16CHO.2Au.21Pd/c10*1-4(2)3;20*1-2;;;;;;;;;;;;;;;;;;;;;;;/h10*1-3H3;4*2H,1H2;16*1H;;;;;;;;;;;;;;;;;;;;;;;/q;;;;;;;;;;20*-1;;;;;;;;;;;;;;;;8*+2/p+10. The van der Waals surface area contributed by atoms with E-state index >= 15 is 0 Å². The van der Waals surface area contributed by atoms with Gasteiger partial charge < -0.3 is 97.1 Å². The molecule has 0 aromatic heterocycles. The Bertz CT molecular complexity index is 490. The zero-order valence-corrected chi connectivity index (χ0v) is 110. The van der Waals surface area contributed by atoms with E-state index in [-0.39, 0.29) is 553 Å². The second-order valence-corrected chi connectivity index (χ2v) is 45.0. The minimum Gasteiger partial charge on any atom is -0.569 e. The number of hydrogen-bond donors (Lipinski definition) is 4. The average molecular weight is 3990 g/mol. The zero-order valence-electron chi connectivity index (χ0n) is 62.6. The van der Waals surface area contributed by atoms with Gasteiger partial charge in [0.15, 0.2) is 0 Å². The summed E-state index contributed by atoms with van der Waals surface area (Å²) in [5.74, 6) is 0. The Balaban J connectivity index is -0.00000000491. The van der Waals surface area contributed by atoms with E-state index in [0.717, 1.165) is 0 Å². The van der Waals surface area contributed by atoms with Crippen LogP contribution in [0.25, 0.3) is 0 Å². The van der Waals surface area contributed by atoms with Crippen LogP contribution in [0.1, 0.15) is 0 Å². The Hall–Kier alpha value is 14.2. The zero-order chi connectivity index (χ0) is 75.8. The van der Waals surface area contributed by atoms with Crippen LogP contribution in [0.2, 0.25) is 0 Å². The van der Waals surface area contributed by atoms with E-state index in [2.05, 4.69) is 337 Å². The van der Waals surface area contributed by atoms with Crippen molar-refractivity contribution in [1.29, 1.82) is 0 Å². The van der Waals surface area contributed by atoms with Gasteiger partial charge in [-0.3, -0.25) is 109 Å². The fraction of sp³-hybridized carbons (Fsp3) is 0.600. The van der Waals surface area contributed by atoms with Crippen LogP contribution in [-0.4, -0.2) is 329 Å². The molecule has 0 saturated carbocycles. The summed E-state index contributed by atoms with van der Waals surface area (Å²) in [7, 11) is 10.2. The van der Waals surface area contributed by atoms with E-state index in [9.17, 15) is 0 Å². The van der Waals surface area contributed by atoms with E-state index in [0.29, 0.717) is 0 Å². The Kier molecular flexibility index (Phi) is 2940. The van der Waals surface area contributed by atoms with Crippen LogP contribution >= 0.6 is 79.2 Å². The van der Waals surface area contributed by atoms with Gasteiger partial charge in [0.05, 0.1) is 0 Å². The Morgan fingerprint density at radius 2 is 0.126 bits per heavy atom. The monoisotopic (exact) mass is 3980 g/mol. The van der Waals surface area contributed by atoms with Crippen LogP contribution in [0.4, 0.5) is 0 Å². The van der Waals surface area contributed by atoms with Gasteiger partial charge in [-0.2, -0.15) is 0 Å². The van der Waals surface area contributed by atoms with Crippen molar-refractivity contribution >= 4 is 188 Å². The van der Waals surface area contributed by atoms with Crippen LogP contribution in [0.15, 0.2) is 0 Å². The van der Waals surface area contributed by atoms with E-state index < -0.39 is 0 Å². The Morgan fingerprint density at radius 3 is 0.126 bits per heavy atom. The molecule has 0 fully saturated rings. The van der Waals surface area contributed by atoms with Crippen molar-refractivity contribution in [3.63, 3.8) is 0 Å². The van der Waals surface area contributed by atoms with Gasteiger partial charge in [0.25, 0.3) is 0 Å². The summed E-state index contributed by atoms with van der Waals surface area (Å²) in [5, 5.41) is 27.0. The van der Waals surface area contributed by atoms with Gasteiger partial charge in [0, 0.05) is 510 Å². The molecule has 103 heavy (non-hydrogen) atoms. The summed E-state index contributed by atoms with van der Waals surface area (Å²) in [5.41, 5.74) is 0. The molecule has 0 bridgehead atoms. The average Bonchev–Trinajstić information content (AvgIpc) is 3.44. The summed E-state index contributed by atoms with van der Waals surface area (Å²) >= 11 is 0. The second kappa shape index (κ2) is 789. The van der Waals surface area contributed by atoms with Crippen LogP contribution in [0.3, 0.4) is 0 Å². The second-order valence-electron chi connectivity index (χ2n) is 15.0. The van der Waals surface area contributed by atoms with Gasteiger partial charge in [-0.05, 0) is 79.2 Å². The SMILES string of the molecule is C[PH+](C)C.C[PH+](C)C.C[PH+](C)C.C[PH+](C)C.C[PH+](C)C.C[PH+](C)C.C[PH+](C)C.C[PH+](C)C.C[PH+](C)C.C[PH+](C)C.[Au].[Au].[CH-]=O.[CH-]=O.[CH-]=O.[CH-]=O.[CH-]=O.[CH-]=O.[CH-]=O.[CH-]=O.[CH-]=O.[CH-]=O.[CH-]=O.[CH-]=O.[CH-]=O.[CH-]=O.[CH-]=O.[CH-]=O.[CH2-]O.[CH2-]O.[CH2-]O.[CH2-]O.[Pd+2].[Pd+2].[Pd+2].[Pd+2].[Pd+2].[Pd+2].[Pd+2].[Pd+2].[Pd].[Pd].[Pd].[Pd].[Pd].[Pd].[Pd].[Pd].[Pd].[Pd].[Pd].[Pd].[Pd]. The molecule has 4 N–H and O–H groups in total. The topological polar surface area (TPSA) is 354 Å². The molecular formula is C50H128Au2O20P10Pd21+6. The fourth-order valence-electron chi connectivity index (χ4n) is 0. The molecule has 0 spiro atoms. The summed E-state index contributed by atoms with van der Waals surface area (Å²) in [6.45, 7) is 120. The molecule has 0 unspecified atom stereocenters. The molecule has 0 saturated heterocycles. The first kappa shape index (κ1) is 384. The van der Waals surface area contributed by atoms with Crippen molar-refractivity contribution in [2.45, 2.75) is 0 Å². The quantitative estimate of drug-likeness (QED) is 0.0816. The van der Waals surface area contributed by atoms with Crippen molar-refractivity contribution < 1.29 is 571 Å². The summed E-state index contributed by atoms with van der Waals surface area (Å²) in [4.78, 5) is 124. The molecule has 53 heteroatoms. The van der Waals surface area contributed by atoms with Crippen molar-refractivity contribution in [3.05, 3.63) is 28.4 Å². The van der Waals surface area contributed by atoms with Crippen LogP contribution in [0, 0.1) is 28.4 Å².